The minimum absolute atomic E-state index is 0.109. The molecule has 1 aromatic heterocycles. The zero-order chi connectivity index (χ0) is 25.6. The molecule has 2 aliphatic heterocycles. The first kappa shape index (κ1) is 23.8. The van der Waals surface area contributed by atoms with Crippen LogP contribution in [0.25, 0.3) is 11.8 Å². The lowest BCUT2D eigenvalue weighted by atomic mass is 9.86. The second-order valence-corrected chi connectivity index (χ2v) is 9.71. The highest BCUT2D eigenvalue weighted by atomic mass is 19.1. The number of methoxy groups -OCH3 is 1. The van der Waals surface area contributed by atoms with E-state index in [-0.39, 0.29) is 17.8 Å². The van der Waals surface area contributed by atoms with Crippen molar-refractivity contribution in [3.63, 3.8) is 0 Å². The smallest absolute Gasteiger partial charge is 0.259 e. The third-order valence-electron chi connectivity index (χ3n) is 7.06. The molecule has 0 aliphatic carbocycles. The summed E-state index contributed by atoms with van der Waals surface area (Å²) in [6.45, 7) is 9.34. The van der Waals surface area contributed by atoms with Gasteiger partial charge in [0.05, 0.1) is 42.9 Å². The number of carbonyl (C=O) groups excluding carboxylic acids is 1. The standard InChI is InChI=1S/C28H30FN5O2/c1-18-16-32(17-31-18)24-11-6-20(15-25(24)36-5)14-23-26(35)34(19(2)21-7-9-22(29)10-8-21)27-30-12-13-33(27)28(23,3)4/h6-11,14-17,19H,12-13H2,1-5H3/b23-14+. The van der Waals surface area contributed by atoms with E-state index >= 15 is 0 Å². The Morgan fingerprint density at radius 2 is 1.92 bits per heavy atom. The molecule has 8 heteroatoms. The molecule has 1 atom stereocenters. The molecule has 1 amide bonds. The van der Waals surface area contributed by atoms with Gasteiger partial charge in [0.15, 0.2) is 0 Å². The Morgan fingerprint density at radius 3 is 2.58 bits per heavy atom. The molecular weight excluding hydrogens is 457 g/mol. The van der Waals surface area contributed by atoms with Crippen LogP contribution in [0.3, 0.4) is 0 Å². The fourth-order valence-electron chi connectivity index (χ4n) is 4.99. The number of nitrogens with zero attached hydrogens (tertiary/aromatic N) is 5. The Hall–Kier alpha value is -3.94. The van der Waals surface area contributed by atoms with Gasteiger partial charge >= 0.3 is 0 Å². The van der Waals surface area contributed by atoms with Crippen molar-refractivity contribution in [1.82, 2.24) is 19.4 Å². The molecule has 7 nitrogen and oxygen atoms in total. The van der Waals surface area contributed by atoms with Crippen LogP contribution in [0.4, 0.5) is 4.39 Å². The lowest BCUT2D eigenvalue weighted by Gasteiger charge is -2.49. The molecule has 1 unspecified atom stereocenters. The zero-order valence-corrected chi connectivity index (χ0v) is 21.2. The van der Waals surface area contributed by atoms with Crippen LogP contribution >= 0.6 is 0 Å². The van der Waals surface area contributed by atoms with Crippen LogP contribution in [-0.2, 0) is 4.79 Å². The number of aryl methyl sites for hydroxylation is 1. The van der Waals surface area contributed by atoms with Crippen LogP contribution in [0.15, 0.2) is 65.6 Å². The molecule has 2 aliphatic rings. The van der Waals surface area contributed by atoms with Crippen molar-refractivity contribution in [2.24, 2.45) is 4.99 Å². The van der Waals surface area contributed by atoms with Crippen LogP contribution in [0.1, 0.15) is 43.6 Å². The van der Waals surface area contributed by atoms with E-state index < -0.39 is 5.54 Å². The summed E-state index contributed by atoms with van der Waals surface area (Å²) < 4.78 is 21.1. The van der Waals surface area contributed by atoms with Gasteiger partial charge in [-0.25, -0.2) is 9.37 Å². The van der Waals surface area contributed by atoms with Crippen LogP contribution in [0.5, 0.6) is 5.75 Å². The number of carbonyl (C=O) groups is 1. The fourth-order valence-corrected chi connectivity index (χ4v) is 4.99. The highest BCUT2D eigenvalue weighted by Crippen LogP contribution is 2.39. The minimum atomic E-state index is -0.557. The van der Waals surface area contributed by atoms with Crippen molar-refractivity contribution in [2.45, 2.75) is 39.3 Å². The number of hydrogen-bond acceptors (Lipinski definition) is 5. The van der Waals surface area contributed by atoms with Crippen LogP contribution in [-0.4, -0.2) is 57.0 Å². The van der Waals surface area contributed by atoms with Gasteiger partial charge in [-0.1, -0.05) is 18.2 Å². The number of ether oxygens (including phenoxy) is 1. The molecule has 0 radical (unpaired) electrons. The Labute approximate surface area is 210 Å². The summed E-state index contributed by atoms with van der Waals surface area (Å²) in [6.07, 6.45) is 5.63. The number of imidazole rings is 1. The van der Waals surface area contributed by atoms with Crippen molar-refractivity contribution < 1.29 is 13.9 Å². The van der Waals surface area contributed by atoms with Crippen LogP contribution in [0, 0.1) is 12.7 Å². The van der Waals surface area contributed by atoms with Gasteiger partial charge < -0.3 is 14.2 Å². The molecule has 3 aromatic rings. The summed E-state index contributed by atoms with van der Waals surface area (Å²) in [6, 6.07) is 11.9. The molecule has 1 saturated heterocycles. The fraction of sp³-hybridized carbons (Fsp3) is 0.321. The second-order valence-electron chi connectivity index (χ2n) is 9.71. The Bertz CT molecular complexity index is 1370. The quantitative estimate of drug-likeness (QED) is 0.487. The number of halogens is 1. The van der Waals surface area contributed by atoms with Gasteiger partial charge in [0.1, 0.15) is 11.6 Å². The average molecular weight is 488 g/mol. The van der Waals surface area contributed by atoms with Crippen molar-refractivity contribution in [1.29, 1.82) is 0 Å². The van der Waals surface area contributed by atoms with Crippen molar-refractivity contribution >= 4 is 17.9 Å². The Kier molecular flexibility index (Phi) is 5.90. The van der Waals surface area contributed by atoms with Crippen molar-refractivity contribution in [2.75, 3.05) is 20.2 Å². The van der Waals surface area contributed by atoms with E-state index in [4.69, 9.17) is 4.74 Å². The molecule has 2 aromatic carbocycles. The maximum Gasteiger partial charge on any atom is 0.259 e. The number of hydrogen-bond donors (Lipinski definition) is 0. The predicted octanol–water partition coefficient (Wildman–Crippen LogP) is 4.77. The van der Waals surface area contributed by atoms with E-state index in [2.05, 4.69) is 28.7 Å². The summed E-state index contributed by atoms with van der Waals surface area (Å²) in [5.74, 6) is 0.938. The number of aliphatic imine (C=N–C) groups is 1. The molecule has 186 valence electrons. The molecule has 3 heterocycles. The topological polar surface area (TPSA) is 63.0 Å². The number of benzene rings is 2. The van der Waals surface area contributed by atoms with Crippen LogP contribution < -0.4 is 4.74 Å². The van der Waals surface area contributed by atoms with E-state index in [1.54, 1.807) is 30.5 Å². The minimum Gasteiger partial charge on any atom is -0.495 e. The van der Waals surface area contributed by atoms with E-state index in [0.717, 1.165) is 29.1 Å². The summed E-state index contributed by atoms with van der Waals surface area (Å²) in [4.78, 5) is 27.0. The number of rotatable bonds is 5. The Balaban J connectivity index is 1.56. The zero-order valence-electron chi connectivity index (χ0n) is 21.2. The number of amides is 1. The number of fused-ring (bicyclic) bond motifs is 1. The van der Waals surface area contributed by atoms with Crippen LogP contribution in [0.2, 0.25) is 0 Å². The summed E-state index contributed by atoms with van der Waals surface area (Å²) in [7, 11) is 1.63. The maximum absolute atomic E-state index is 14.0. The average Bonchev–Trinajstić information content (AvgIpc) is 3.52. The highest BCUT2D eigenvalue weighted by molar-refractivity contribution is 6.13. The van der Waals surface area contributed by atoms with E-state index in [1.165, 1.54) is 12.1 Å². The molecule has 1 fully saturated rings. The second kappa shape index (κ2) is 8.93. The lowest BCUT2D eigenvalue weighted by molar-refractivity contribution is -0.128. The van der Waals surface area contributed by atoms with Gasteiger partial charge in [-0.2, -0.15) is 0 Å². The van der Waals surface area contributed by atoms with Gasteiger partial charge in [-0.15, -0.1) is 0 Å². The van der Waals surface area contributed by atoms with Gasteiger partial charge in [0, 0.05) is 18.3 Å². The molecule has 0 N–H and O–H groups in total. The molecule has 36 heavy (non-hydrogen) atoms. The summed E-state index contributed by atoms with van der Waals surface area (Å²) in [5, 5.41) is 0. The third-order valence-corrected chi connectivity index (χ3v) is 7.06. The predicted molar refractivity (Wildman–Crippen MR) is 138 cm³/mol. The molecule has 5 rings (SSSR count). The Morgan fingerprint density at radius 1 is 1.17 bits per heavy atom. The van der Waals surface area contributed by atoms with Crippen molar-refractivity contribution in [3.8, 4) is 11.4 Å². The highest BCUT2D eigenvalue weighted by Gasteiger charge is 2.49. The number of guanidine groups is 1. The normalized spacial score (nSPS) is 18.9. The van der Waals surface area contributed by atoms with Gasteiger partial charge in [0.25, 0.3) is 5.91 Å². The monoisotopic (exact) mass is 487 g/mol. The molecular formula is C28H30FN5O2. The SMILES string of the molecule is COc1cc(/C=C2\C(=O)N(C(C)c3ccc(F)cc3)C3=NCCN3C2(C)C)ccc1-n1cnc(C)c1. The first-order valence-electron chi connectivity index (χ1n) is 12.0. The maximum atomic E-state index is 14.0. The van der Waals surface area contributed by atoms with E-state index in [9.17, 15) is 9.18 Å². The third kappa shape index (κ3) is 3.96. The molecule has 0 bridgehead atoms. The first-order chi connectivity index (χ1) is 17.2. The first-order valence-corrected chi connectivity index (χ1v) is 12.0. The van der Waals surface area contributed by atoms with Crippen molar-refractivity contribution in [3.05, 3.63) is 83.2 Å². The molecule has 0 spiro atoms. The van der Waals surface area contributed by atoms with Gasteiger partial charge in [-0.3, -0.25) is 14.7 Å². The van der Waals surface area contributed by atoms with E-state index in [0.29, 0.717) is 23.8 Å². The van der Waals surface area contributed by atoms with Gasteiger partial charge in [0.2, 0.25) is 5.96 Å². The number of aromatic nitrogens is 2. The lowest BCUT2D eigenvalue weighted by Crippen LogP contribution is -2.62. The summed E-state index contributed by atoms with van der Waals surface area (Å²) >= 11 is 0. The molecule has 0 saturated carbocycles. The summed E-state index contributed by atoms with van der Waals surface area (Å²) in [5.41, 5.74) is 3.59. The largest absolute Gasteiger partial charge is 0.495 e. The van der Waals surface area contributed by atoms with E-state index in [1.807, 2.05) is 48.9 Å². The van der Waals surface area contributed by atoms with Gasteiger partial charge in [-0.05, 0) is 69.2 Å².